The van der Waals surface area contributed by atoms with Gasteiger partial charge in [0.25, 0.3) is 0 Å². The molecule has 0 amide bonds. The Kier molecular flexibility index (Phi) is 8.94. The number of rotatable bonds is 8. The van der Waals surface area contributed by atoms with Gasteiger partial charge >= 0.3 is 0 Å². The van der Waals surface area contributed by atoms with Crippen LogP contribution in [0.1, 0.15) is 50.7 Å². The lowest BCUT2D eigenvalue weighted by molar-refractivity contribution is 0.657. The Labute approximate surface area is 405 Å². The van der Waals surface area contributed by atoms with Crippen molar-refractivity contribution in [2.75, 3.05) is 9.80 Å². The molecule has 4 nitrogen and oxygen atoms in total. The van der Waals surface area contributed by atoms with Crippen molar-refractivity contribution in [3.63, 3.8) is 0 Å². The van der Waals surface area contributed by atoms with Gasteiger partial charge in [-0.1, -0.05) is 173 Å². The number of nitrogens with zero attached hydrogens (tertiary/aromatic N) is 2. The van der Waals surface area contributed by atoms with E-state index in [1.54, 1.807) is 0 Å². The van der Waals surface area contributed by atoms with Crippen LogP contribution >= 0.6 is 0 Å². The summed E-state index contributed by atoms with van der Waals surface area (Å²) in [6.07, 6.45) is 0. The van der Waals surface area contributed by atoms with Gasteiger partial charge in [0.05, 0.1) is 22.7 Å². The molecule has 0 atom stereocenters. The summed E-state index contributed by atoms with van der Waals surface area (Å²) < 4.78 is 14.4. The maximum absolute atomic E-state index is 7.19. The number of hydrogen-bond acceptors (Lipinski definition) is 4. The summed E-state index contributed by atoms with van der Waals surface area (Å²) in [5.41, 5.74) is 12.4. The van der Waals surface area contributed by atoms with E-state index in [0.717, 1.165) is 78.0 Å². The van der Waals surface area contributed by atoms with E-state index in [1.807, 2.05) is 0 Å². The first-order valence-corrected chi connectivity index (χ1v) is 24.6. The maximum atomic E-state index is 7.19. The minimum Gasteiger partial charge on any atom is -0.454 e. The second kappa shape index (κ2) is 15.5. The highest BCUT2D eigenvalue weighted by molar-refractivity contribution is 6.29. The van der Waals surface area contributed by atoms with E-state index in [-0.39, 0.29) is 11.8 Å². The van der Waals surface area contributed by atoms with Crippen LogP contribution in [0.4, 0.5) is 34.1 Å². The van der Waals surface area contributed by atoms with Gasteiger partial charge in [0.15, 0.2) is 11.2 Å². The van der Waals surface area contributed by atoms with E-state index in [4.69, 9.17) is 8.83 Å². The molecule has 2 heterocycles. The zero-order valence-corrected chi connectivity index (χ0v) is 39.5. The molecule has 0 radical (unpaired) electrons. The first kappa shape index (κ1) is 40.5. The van der Waals surface area contributed by atoms with E-state index in [1.165, 1.54) is 65.0 Å². The predicted molar refractivity (Wildman–Crippen MR) is 297 cm³/mol. The molecule has 0 spiro atoms. The zero-order chi connectivity index (χ0) is 46.8. The van der Waals surface area contributed by atoms with Crippen LogP contribution in [0.5, 0.6) is 0 Å². The lowest BCUT2D eigenvalue weighted by atomic mass is 9.91. The van der Waals surface area contributed by atoms with Crippen molar-refractivity contribution in [2.24, 2.45) is 0 Å². The number of para-hydroxylation sites is 4. The molecule has 0 aliphatic rings. The van der Waals surface area contributed by atoms with E-state index < -0.39 is 0 Å². The van der Waals surface area contributed by atoms with Crippen LogP contribution in [0.15, 0.2) is 215 Å². The normalized spacial score (nSPS) is 12.3. The summed E-state index contributed by atoms with van der Waals surface area (Å²) in [6.45, 7) is 9.03. The van der Waals surface area contributed by atoms with Gasteiger partial charge in [-0.15, -0.1) is 0 Å². The summed E-state index contributed by atoms with van der Waals surface area (Å²) in [5, 5.41) is 16.6. The molecular weight excluding hydrogens is 853 g/mol. The summed E-state index contributed by atoms with van der Waals surface area (Å²) in [4.78, 5) is 4.81. The second-order valence-electron chi connectivity index (χ2n) is 19.5. The van der Waals surface area contributed by atoms with Crippen molar-refractivity contribution in [3.05, 3.63) is 217 Å². The minimum absolute atomic E-state index is 0.284. The Balaban J connectivity index is 1.03. The minimum atomic E-state index is 0.284. The van der Waals surface area contributed by atoms with E-state index in [9.17, 15) is 0 Å². The number of benzene rings is 12. The standard InChI is InChI=1S/C66H48N2O2/c1-39(2)53-37-43-17-11-13-23-47(43)61-51-25-15-27-57(63(51)69-65(53)61)67(45-19-7-5-8-20-45)55-35-31-41-30-34-50-56(36-32-42-29-33-49(55)59(41)60(42)50)68(46-21-9-6-10-22-46)58-28-16-26-52-62-48-24-14-12-18-44(48)38-54(40(3)4)66(62)70-64(52)58/h5-40H,1-4H3. The molecule has 2 aromatic heterocycles. The largest absolute Gasteiger partial charge is 0.454 e. The molecule has 0 unspecified atom stereocenters. The summed E-state index contributed by atoms with van der Waals surface area (Å²) >= 11 is 0. The highest BCUT2D eigenvalue weighted by atomic mass is 16.3. The third-order valence-corrected chi connectivity index (χ3v) is 14.9. The topological polar surface area (TPSA) is 32.8 Å². The van der Waals surface area contributed by atoms with Gasteiger partial charge in [0.1, 0.15) is 11.2 Å². The molecule has 0 saturated carbocycles. The smallest absolute Gasteiger partial charge is 0.159 e. The van der Waals surface area contributed by atoms with Crippen LogP contribution in [0.25, 0.3) is 97.7 Å². The fraction of sp³-hybridized carbons (Fsp3) is 0.0909. The molecule has 334 valence electrons. The lowest BCUT2D eigenvalue weighted by Gasteiger charge is -2.29. The lowest BCUT2D eigenvalue weighted by Crippen LogP contribution is -2.11. The molecule has 0 aliphatic heterocycles. The van der Waals surface area contributed by atoms with Crippen LogP contribution in [-0.2, 0) is 0 Å². The number of fused-ring (bicyclic) bond motifs is 10. The molecule has 0 fully saturated rings. The number of furan rings is 2. The third-order valence-electron chi connectivity index (χ3n) is 14.9. The first-order valence-electron chi connectivity index (χ1n) is 24.6. The van der Waals surface area contributed by atoms with Gasteiger partial charge < -0.3 is 18.6 Å². The Bertz CT molecular complexity index is 4090. The van der Waals surface area contributed by atoms with Gasteiger partial charge in [-0.2, -0.15) is 0 Å². The highest BCUT2D eigenvalue weighted by Gasteiger charge is 2.27. The summed E-state index contributed by atoms with van der Waals surface area (Å²) in [6, 6.07) is 75.2. The average molecular weight is 901 g/mol. The number of hydrogen-bond donors (Lipinski definition) is 0. The first-order chi connectivity index (χ1) is 34.4. The SMILES string of the molecule is CC(C)c1cc2ccccc2c2c1oc1c(N(c3ccccc3)c3ccc4ccc5c(N(c6ccccc6)c6cccc7c6oc6c(C(C)C)cc8ccccc8c67)ccc6ccc3c4c65)cccc12. The Morgan fingerprint density at radius 2 is 0.671 bits per heavy atom. The molecular formula is C66H48N2O2. The summed E-state index contributed by atoms with van der Waals surface area (Å²) in [7, 11) is 0. The van der Waals surface area contributed by atoms with Crippen LogP contribution in [0.3, 0.4) is 0 Å². The summed E-state index contributed by atoms with van der Waals surface area (Å²) in [5.74, 6) is 0.567. The molecule has 14 aromatic rings. The zero-order valence-electron chi connectivity index (χ0n) is 39.5. The van der Waals surface area contributed by atoms with Crippen LogP contribution in [-0.4, -0.2) is 0 Å². The van der Waals surface area contributed by atoms with E-state index >= 15 is 0 Å². The van der Waals surface area contributed by atoms with Gasteiger partial charge in [-0.3, -0.25) is 0 Å². The van der Waals surface area contributed by atoms with Crippen molar-refractivity contribution in [3.8, 4) is 0 Å². The average Bonchev–Trinajstić information content (AvgIpc) is 4.00. The molecule has 70 heavy (non-hydrogen) atoms. The van der Waals surface area contributed by atoms with Gasteiger partial charge in [-0.25, -0.2) is 0 Å². The van der Waals surface area contributed by atoms with Crippen molar-refractivity contribution in [1.82, 2.24) is 0 Å². The fourth-order valence-corrected chi connectivity index (χ4v) is 11.7. The van der Waals surface area contributed by atoms with E-state index in [0.29, 0.717) is 0 Å². The molecule has 4 heteroatoms. The van der Waals surface area contributed by atoms with E-state index in [2.05, 4.69) is 244 Å². The molecule has 12 aromatic carbocycles. The third kappa shape index (κ3) is 5.89. The highest BCUT2D eigenvalue weighted by Crippen LogP contribution is 2.52. The quantitative estimate of drug-likeness (QED) is 0.142. The number of anilines is 6. The van der Waals surface area contributed by atoms with Gasteiger partial charge in [0, 0.05) is 43.7 Å². The molecule has 14 rings (SSSR count). The molecule has 0 aliphatic carbocycles. The van der Waals surface area contributed by atoms with Crippen molar-refractivity contribution in [2.45, 2.75) is 39.5 Å². The molecule has 0 bridgehead atoms. The molecule has 0 saturated heterocycles. The van der Waals surface area contributed by atoms with Crippen LogP contribution in [0, 0.1) is 0 Å². The van der Waals surface area contributed by atoms with Gasteiger partial charge in [-0.05, 0) is 127 Å². The maximum Gasteiger partial charge on any atom is 0.159 e. The Morgan fingerprint density at radius 3 is 1.10 bits per heavy atom. The van der Waals surface area contributed by atoms with Crippen molar-refractivity contribution >= 4 is 132 Å². The van der Waals surface area contributed by atoms with Crippen molar-refractivity contribution in [1.29, 1.82) is 0 Å². The van der Waals surface area contributed by atoms with Crippen LogP contribution < -0.4 is 9.80 Å². The second-order valence-corrected chi connectivity index (χ2v) is 19.5. The predicted octanol–water partition coefficient (Wildman–Crippen LogP) is 19.9. The van der Waals surface area contributed by atoms with Gasteiger partial charge in [0.2, 0.25) is 0 Å². The Hall–Kier alpha value is -8.60. The van der Waals surface area contributed by atoms with Crippen molar-refractivity contribution < 1.29 is 8.83 Å². The van der Waals surface area contributed by atoms with Crippen LogP contribution in [0.2, 0.25) is 0 Å². The Morgan fingerprint density at radius 1 is 0.286 bits per heavy atom. The fourth-order valence-electron chi connectivity index (χ4n) is 11.7. The molecule has 0 N–H and O–H groups in total. The monoisotopic (exact) mass is 900 g/mol.